The summed E-state index contributed by atoms with van der Waals surface area (Å²) in [5, 5.41) is 9.99. The van der Waals surface area contributed by atoms with Crippen LogP contribution in [0, 0.1) is 0 Å². The Morgan fingerprint density at radius 3 is 2.66 bits per heavy atom. The molecule has 8 heteroatoms. The maximum atomic E-state index is 11.9. The van der Waals surface area contributed by atoms with Crippen molar-refractivity contribution in [1.29, 1.82) is 0 Å². The van der Waals surface area contributed by atoms with Crippen molar-refractivity contribution in [3.63, 3.8) is 0 Å². The molecule has 6 nitrogen and oxygen atoms in total. The molecule has 1 aromatic carbocycles. The first-order valence-electron chi connectivity index (χ1n) is 10.0. The first kappa shape index (κ1) is 23.6. The van der Waals surface area contributed by atoms with Crippen molar-refractivity contribution >= 4 is 52.9 Å². The van der Waals surface area contributed by atoms with Crippen molar-refractivity contribution in [1.82, 2.24) is 15.6 Å². The van der Waals surface area contributed by atoms with Gasteiger partial charge in [0.15, 0.2) is 5.96 Å². The molecule has 3 rings (SSSR count). The van der Waals surface area contributed by atoms with Crippen molar-refractivity contribution < 1.29 is 4.79 Å². The summed E-state index contributed by atoms with van der Waals surface area (Å²) in [6, 6.07) is 8.13. The highest BCUT2D eigenvalue weighted by atomic mass is 127. The Labute approximate surface area is 194 Å². The Balaban J connectivity index is 0.00000300. The molecule has 0 atom stereocenters. The van der Waals surface area contributed by atoms with Gasteiger partial charge in [0.1, 0.15) is 0 Å². The van der Waals surface area contributed by atoms with E-state index in [0.717, 1.165) is 61.8 Å². The third-order valence-corrected chi connectivity index (χ3v) is 5.70. The third kappa shape index (κ3) is 6.95. The molecule has 1 aliphatic heterocycles. The first-order valence-corrected chi connectivity index (χ1v) is 10.9. The zero-order valence-electron chi connectivity index (χ0n) is 17.1. The molecular formula is C21H30IN5OS. The van der Waals surface area contributed by atoms with E-state index in [2.05, 4.69) is 52.0 Å². The number of rotatable bonds is 8. The minimum Gasteiger partial charge on any atom is -0.357 e. The number of benzene rings is 1. The number of guanidine groups is 1. The molecule has 0 bridgehead atoms. The van der Waals surface area contributed by atoms with Crippen LogP contribution in [0.25, 0.3) is 0 Å². The molecule has 0 unspecified atom stereocenters. The number of anilines is 1. The number of nitrogens with zero attached hydrogens (tertiary/aromatic N) is 3. The fourth-order valence-corrected chi connectivity index (χ4v) is 3.93. The van der Waals surface area contributed by atoms with Gasteiger partial charge in [-0.1, -0.05) is 19.1 Å². The second-order valence-electron chi connectivity index (χ2n) is 6.77. The molecule has 158 valence electrons. The molecule has 0 spiro atoms. The first-order chi connectivity index (χ1) is 13.7. The fourth-order valence-electron chi connectivity index (χ4n) is 3.15. The van der Waals surface area contributed by atoms with Gasteiger partial charge in [0.2, 0.25) is 5.91 Å². The van der Waals surface area contributed by atoms with Gasteiger partial charge in [-0.2, -0.15) is 0 Å². The van der Waals surface area contributed by atoms with E-state index in [1.54, 1.807) is 11.3 Å². The summed E-state index contributed by atoms with van der Waals surface area (Å²) in [5.41, 5.74) is 3.24. The summed E-state index contributed by atoms with van der Waals surface area (Å²) >= 11 is 1.73. The van der Waals surface area contributed by atoms with E-state index >= 15 is 0 Å². The van der Waals surface area contributed by atoms with Crippen molar-refractivity contribution in [3.8, 4) is 0 Å². The number of aromatic nitrogens is 1. The molecule has 1 aliphatic rings. The molecule has 0 aliphatic carbocycles. The maximum Gasteiger partial charge on any atom is 0.227 e. The lowest BCUT2D eigenvalue weighted by atomic mass is 10.2. The van der Waals surface area contributed by atoms with E-state index in [4.69, 9.17) is 0 Å². The largest absolute Gasteiger partial charge is 0.357 e. The number of aryl methyl sites for hydroxylation is 1. The number of halogens is 1. The number of hydrogen-bond acceptors (Lipinski definition) is 4. The second-order valence-corrected chi connectivity index (χ2v) is 7.72. The lowest BCUT2D eigenvalue weighted by molar-refractivity contribution is -0.117. The van der Waals surface area contributed by atoms with Gasteiger partial charge in [-0.25, -0.2) is 9.98 Å². The highest BCUT2D eigenvalue weighted by Gasteiger charge is 2.21. The monoisotopic (exact) mass is 527 g/mol. The lowest BCUT2D eigenvalue weighted by Crippen LogP contribution is -2.38. The Bertz CT molecular complexity index is 806. The zero-order valence-corrected chi connectivity index (χ0v) is 20.3. The average molecular weight is 527 g/mol. The van der Waals surface area contributed by atoms with Crippen LogP contribution in [0.15, 0.2) is 34.6 Å². The summed E-state index contributed by atoms with van der Waals surface area (Å²) < 4.78 is 0. The van der Waals surface area contributed by atoms with E-state index < -0.39 is 0 Å². The molecule has 1 amide bonds. The van der Waals surface area contributed by atoms with E-state index in [0.29, 0.717) is 13.0 Å². The summed E-state index contributed by atoms with van der Waals surface area (Å²) in [4.78, 5) is 23.0. The van der Waals surface area contributed by atoms with E-state index in [9.17, 15) is 4.79 Å². The highest BCUT2D eigenvalue weighted by molar-refractivity contribution is 14.0. The predicted octanol–water partition coefficient (Wildman–Crippen LogP) is 3.75. The van der Waals surface area contributed by atoms with Crippen molar-refractivity contribution in [3.05, 3.63) is 45.9 Å². The molecule has 2 aromatic rings. The van der Waals surface area contributed by atoms with Crippen molar-refractivity contribution in [2.75, 3.05) is 24.5 Å². The van der Waals surface area contributed by atoms with Crippen LogP contribution < -0.4 is 15.5 Å². The van der Waals surface area contributed by atoms with Crippen LogP contribution in [0.1, 0.15) is 43.0 Å². The summed E-state index contributed by atoms with van der Waals surface area (Å²) in [6.45, 7) is 7.23. The fraction of sp³-hybridized carbons (Fsp3) is 0.476. The minimum atomic E-state index is 0. The van der Waals surface area contributed by atoms with E-state index in [1.807, 2.05) is 17.0 Å². The Morgan fingerprint density at radius 2 is 2.03 bits per heavy atom. The lowest BCUT2D eigenvalue weighted by Gasteiger charge is -2.15. The SMILES string of the molecule is CCNC(=NCc1ccc(N2CCCC2=O)cc1)NCCc1csc(CC)n1.I. The van der Waals surface area contributed by atoms with E-state index in [-0.39, 0.29) is 29.9 Å². The number of hydrogen-bond donors (Lipinski definition) is 2. The van der Waals surface area contributed by atoms with Crippen LogP contribution in [0.4, 0.5) is 5.69 Å². The standard InChI is InChI=1S/C21H29N5OS.HI/c1-3-19-25-17(15-28-19)11-12-23-21(22-4-2)24-14-16-7-9-18(10-8-16)26-13-5-6-20(26)27;/h7-10,15H,3-6,11-14H2,1-2H3,(H2,22,23,24);1H. The van der Waals surface area contributed by atoms with Crippen molar-refractivity contribution in [2.24, 2.45) is 4.99 Å². The normalized spacial score (nSPS) is 14.1. The summed E-state index contributed by atoms with van der Waals surface area (Å²) in [7, 11) is 0. The Hall–Kier alpha value is -1.68. The number of amides is 1. The van der Waals surface area contributed by atoms with Crippen LogP contribution in [0.5, 0.6) is 0 Å². The Morgan fingerprint density at radius 1 is 1.24 bits per heavy atom. The molecule has 1 saturated heterocycles. The highest BCUT2D eigenvalue weighted by Crippen LogP contribution is 2.21. The number of nitrogens with one attached hydrogen (secondary N) is 2. The van der Waals surface area contributed by atoms with Crippen LogP contribution in [-0.4, -0.2) is 36.5 Å². The minimum absolute atomic E-state index is 0. The van der Waals surface area contributed by atoms with Crippen LogP contribution in [0.2, 0.25) is 0 Å². The quantitative estimate of drug-likeness (QED) is 0.312. The number of carbonyl (C=O) groups is 1. The van der Waals surface area contributed by atoms with Crippen LogP contribution in [0.3, 0.4) is 0 Å². The summed E-state index contributed by atoms with van der Waals surface area (Å²) in [6.07, 6.45) is 3.49. The van der Waals surface area contributed by atoms with E-state index in [1.165, 1.54) is 5.01 Å². The molecule has 1 fully saturated rings. The number of carbonyl (C=O) groups excluding carboxylic acids is 1. The van der Waals surface area contributed by atoms with Crippen LogP contribution >= 0.6 is 35.3 Å². The maximum absolute atomic E-state index is 11.9. The number of thiazole rings is 1. The average Bonchev–Trinajstić information content (AvgIpc) is 3.35. The van der Waals surface area contributed by atoms with Gasteiger partial charge in [-0.15, -0.1) is 35.3 Å². The van der Waals surface area contributed by atoms with Gasteiger partial charge in [0, 0.05) is 43.5 Å². The van der Waals surface area contributed by atoms with Gasteiger partial charge >= 0.3 is 0 Å². The molecule has 0 radical (unpaired) electrons. The smallest absolute Gasteiger partial charge is 0.227 e. The predicted molar refractivity (Wildman–Crippen MR) is 131 cm³/mol. The van der Waals surface area contributed by atoms with Crippen molar-refractivity contribution in [2.45, 2.75) is 46.1 Å². The molecular weight excluding hydrogens is 497 g/mol. The third-order valence-electron chi connectivity index (χ3n) is 4.66. The van der Waals surface area contributed by atoms with Gasteiger partial charge < -0.3 is 15.5 Å². The van der Waals surface area contributed by atoms with Gasteiger partial charge in [-0.3, -0.25) is 4.79 Å². The van der Waals surface area contributed by atoms with Crippen LogP contribution in [-0.2, 0) is 24.2 Å². The van der Waals surface area contributed by atoms with Gasteiger partial charge in [0.25, 0.3) is 0 Å². The molecule has 1 aromatic heterocycles. The second kappa shape index (κ2) is 12.1. The number of aliphatic imine (C=N–C) groups is 1. The molecule has 2 heterocycles. The summed E-state index contributed by atoms with van der Waals surface area (Å²) in [5.74, 6) is 1.03. The van der Waals surface area contributed by atoms with Gasteiger partial charge in [0.05, 0.1) is 17.2 Å². The topological polar surface area (TPSA) is 69.6 Å². The van der Waals surface area contributed by atoms with Gasteiger partial charge in [-0.05, 0) is 37.5 Å². The zero-order chi connectivity index (χ0) is 19.8. The Kier molecular flexibility index (Phi) is 9.86. The molecule has 2 N–H and O–H groups in total. The molecule has 0 saturated carbocycles. The molecule has 29 heavy (non-hydrogen) atoms.